The first-order valence-electron chi connectivity index (χ1n) is 12.4. The van der Waals surface area contributed by atoms with E-state index >= 15 is 0 Å². The van der Waals surface area contributed by atoms with E-state index in [-0.39, 0.29) is 88.2 Å². The first kappa shape index (κ1) is 31.5. The van der Waals surface area contributed by atoms with Crippen molar-refractivity contribution in [1.82, 2.24) is 0 Å². The molecule has 186 valence electrons. The number of aliphatic carboxylic acids is 1. The predicted molar refractivity (Wildman–Crippen MR) is 131 cm³/mol. The van der Waals surface area contributed by atoms with Crippen LogP contribution in [0.2, 0.25) is 0 Å². The molecule has 4 saturated carbocycles. The molecule has 0 unspecified atom stereocenters. The van der Waals surface area contributed by atoms with Crippen LogP contribution in [0.4, 0.5) is 0 Å². The van der Waals surface area contributed by atoms with E-state index in [9.17, 15) is 18.3 Å². The molecule has 0 aromatic carbocycles. The normalized spacial score (nSPS) is 44.4. The summed E-state index contributed by atoms with van der Waals surface area (Å²) in [6.07, 6.45) is 7.11. The Morgan fingerprint density at radius 1 is 1.03 bits per heavy atom. The van der Waals surface area contributed by atoms with E-state index in [0.29, 0.717) is 49.4 Å². The molecule has 4 aliphatic carbocycles. The van der Waals surface area contributed by atoms with Gasteiger partial charge < -0.3 is 10.2 Å². The molecule has 0 saturated heterocycles. The van der Waals surface area contributed by atoms with Crippen molar-refractivity contribution >= 4 is 75.5 Å². The van der Waals surface area contributed by atoms with E-state index in [1.807, 2.05) is 0 Å². The molecule has 0 amide bonds. The molecular formula is C24H40Na2O7S. The summed E-state index contributed by atoms with van der Waals surface area (Å²) in [6.45, 7) is 6.93. The van der Waals surface area contributed by atoms with Gasteiger partial charge in [0.25, 0.3) is 0 Å². The third-order valence-corrected chi connectivity index (χ3v) is 11.0. The summed E-state index contributed by atoms with van der Waals surface area (Å²) in [5.41, 5.74) is 0.200. The molecule has 0 spiro atoms. The zero-order chi connectivity index (χ0) is 23.5. The molecular weight excluding hydrogens is 478 g/mol. The number of hydrogen-bond acceptors (Lipinski definition) is 5. The maximum atomic E-state index is 11.4. The number of hydrogen-bond donors (Lipinski definition) is 3. The standard InChI is InChI=1S/C24H40O7S.2Na/c1-14(4-7-21(26)27)17-5-6-18-22-19(9-11-24(17,18)3)23(2)10-8-16(31-32(28,29)30)12-15(23)13-20(22)25;;/h14-20,22,25H,4-13H2,1-3H3,(H,26,27)(H,28,29,30);;/t14-,15+,16-,17-,18+,19+,20+,22+,23+,24-;;/m1../s1. The van der Waals surface area contributed by atoms with E-state index in [4.69, 9.17) is 13.8 Å². The van der Waals surface area contributed by atoms with Crippen LogP contribution in [0, 0.1) is 46.3 Å². The fourth-order valence-electron chi connectivity index (χ4n) is 8.97. The molecule has 0 aromatic rings. The Kier molecular flexibility index (Phi) is 10.7. The van der Waals surface area contributed by atoms with Crippen LogP contribution in [-0.2, 0) is 19.4 Å². The molecule has 0 aliphatic heterocycles. The predicted octanol–water partition coefficient (Wildman–Crippen LogP) is 3.54. The Morgan fingerprint density at radius 2 is 1.65 bits per heavy atom. The summed E-state index contributed by atoms with van der Waals surface area (Å²) < 4.78 is 36.4. The van der Waals surface area contributed by atoms with Gasteiger partial charge in [0.15, 0.2) is 0 Å². The molecule has 0 heterocycles. The number of carboxylic acids is 1. The molecule has 4 rings (SSSR count). The molecule has 2 radical (unpaired) electrons. The Hall–Kier alpha value is 1.30. The largest absolute Gasteiger partial charge is 0.481 e. The number of fused-ring (bicyclic) bond motifs is 5. The Bertz CT molecular complexity index is 839. The van der Waals surface area contributed by atoms with Crippen LogP contribution in [0.1, 0.15) is 85.0 Å². The number of carboxylic acid groups (broad SMARTS) is 1. The topological polar surface area (TPSA) is 121 Å². The molecule has 0 aromatic heterocycles. The van der Waals surface area contributed by atoms with Gasteiger partial charge in [-0.3, -0.25) is 9.35 Å². The van der Waals surface area contributed by atoms with Crippen molar-refractivity contribution in [1.29, 1.82) is 0 Å². The Labute approximate surface area is 249 Å². The minimum absolute atomic E-state index is 0. The molecule has 0 bridgehead atoms. The van der Waals surface area contributed by atoms with Gasteiger partial charge in [-0.15, -0.1) is 0 Å². The van der Waals surface area contributed by atoms with Crippen molar-refractivity contribution in [3.63, 3.8) is 0 Å². The van der Waals surface area contributed by atoms with Crippen LogP contribution in [0.5, 0.6) is 0 Å². The van der Waals surface area contributed by atoms with Crippen molar-refractivity contribution in [3.8, 4) is 0 Å². The van der Waals surface area contributed by atoms with Gasteiger partial charge in [0.2, 0.25) is 0 Å². The fourth-order valence-corrected chi connectivity index (χ4v) is 9.49. The maximum Gasteiger partial charge on any atom is 0.397 e. The van der Waals surface area contributed by atoms with Crippen LogP contribution >= 0.6 is 0 Å². The van der Waals surface area contributed by atoms with Gasteiger partial charge in [0.05, 0.1) is 12.2 Å². The van der Waals surface area contributed by atoms with Crippen molar-refractivity contribution in [2.45, 2.75) is 97.2 Å². The summed E-state index contributed by atoms with van der Waals surface area (Å²) >= 11 is 0. The van der Waals surface area contributed by atoms with E-state index in [1.165, 1.54) is 0 Å². The van der Waals surface area contributed by atoms with Crippen molar-refractivity contribution in [2.24, 2.45) is 46.3 Å². The zero-order valence-electron chi connectivity index (χ0n) is 21.6. The van der Waals surface area contributed by atoms with E-state index in [1.54, 1.807) is 0 Å². The van der Waals surface area contributed by atoms with Crippen molar-refractivity contribution in [2.75, 3.05) is 0 Å². The second-order valence-electron chi connectivity index (χ2n) is 11.9. The number of carbonyl (C=O) groups is 1. The van der Waals surface area contributed by atoms with Gasteiger partial charge in [-0.05, 0) is 104 Å². The average molecular weight is 519 g/mol. The molecule has 4 aliphatic rings. The minimum atomic E-state index is -4.46. The third kappa shape index (κ3) is 5.97. The monoisotopic (exact) mass is 518 g/mol. The van der Waals surface area contributed by atoms with E-state index in [0.717, 1.165) is 32.1 Å². The summed E-state index contributed by atoms with van der Waals surface area (Å²) in [7, 11) is -4.46. The van der Waals surface area contributed by atoms with Crippen LogP contribution in [0.25, 0.3) is 0 Å². The second-order valence-corrected chi connectivity index (χ2v) is 12.9. The van der Waals surface area contributed by atoms with Crippen LogP contribution in [0.15, 0.2) is 0 Å². The minimum Gasteiger partial charge on any atom is -0.481 e. The first-order valence-corrected chi connectivity index (χ1v) is 13.8. The van der Waals surface area contributed by atoms with E-state index < -0.39 is 28.6 Å². The smallest absolute Gasteiger partial charge is 0.397 e. The number of rotatable bonds is 6. The van der Waals surface area contributed by atoms with Gasteiger partial charge in [-0.1, -0.05) is 20.8 Å². The summed E-state index contributed by atoms with van der Waals surface area (Å²) in [5.74, 6) is 1.46. The molecule has 7 nitrogen and oxygen atoms in total. The number of aliphatic hydroxyl groups is 1. The molecule has 10 atom stereocenters. The van der Waals surface area contributed by atoms with Crippen LogP contribution in [-0.4, -0.2) is 100 Å². The third-order valence-electron chi connectivity index (χ3n) is 10.5. The van der Waals surface area contributed by atoms with Crippen molar-refractivity contribution < 1.29 is 32.2 Å². The SMILES string of the molecule is C[C@H](CCC(=O)O)[C@H]1CC[C@H]2[C@@H]3[C@@H](O)C[C@@H]4C[C@H](OS(=O)(=O)O)CC[C@]4(C)[C@H]3CC[C@]12C.[Na].[Na]. The zero-order valence-corrected chi connectivity index (χ0v) is 26.4. The van der Waals surface area contributed by atoms with Gasteiger partial charge in [0, 0.05) is 65.5 Å². The van der Waals surface area contributed by atoms with Crippen molar-refractivity contribution in [3.05, 3.63) is 0 Å². The fraction of sp³-hybridized carbons (Fsp3) is 0.958. The van der Waals surface area contributed by atoms with Crippen LogP contribution < -0.4 is 0 Å². The van der Waals surface area contributed by atoms with Gasteiger partial charge in [0.1, 0.15) is 0 Å². The van der Waals surface area contributed by atoms with Gasteiger partial charge in [-0.2, -0.15) is 8.42 Å². The molecule has 4 fully saturated rings. The quantitative estimate of drug-likeness (QED) is 0.363. The van der Waals surface area contributed by atoms with Gasteiger partial charge >= 0.3 is 16.4 Å². The summed E-state index contributed by atoms with van der Waals surface area (Å²) in [4.78, 5) is 11.1. The second kappa shape index (κ2) is 11.6. The number of aliphatic hydroxyl groups excluding tert-OH is 1. The summed E-state index contributed by atoms with van der Waals surface area (Å²) in [5, 5.41) is 20.5. The molecule has 34 heavy (non-hydrogen) atoms. The van der Waals surface area contributed by atoms with E-state index in [2.05, 4.69) is 20.8 Å². The first-order chi connectivity index (χ1) is 14.8. The Balaban J connectivity index is 0.00000204. The summed E-state index contributed by atoms with van der Waals surface area (Å²) in [6, 6.07) is 0. The maximum absolute atomic E-state index is 11.4. The Morgan fingerprint density at radius 3 is 2.26 bits per heavy atom. The molecule has 3 N–H and O–H groups in total. The molecule has 10 heteroatoms. The van der Waals surface area contributed by atoms with Crippen LogP contribution in [0.3, 0.4) is 0 Å². The van der Waals surface area contributed by atoms with Gasteiger partial charge in [-0.25, -0.2) is 4.18 Å². The average Bonchev–Trinajstić information content (AvgIpc) is 3.03.